The molecule has 0 spiro atoms. The highest BCUT2D eigenvalue weighted by atomic mass is 35.5. The maximum absolute atomic E-state index is 13.2. The fraction of sp³-hybridized carbons (Fsp3) is 0.400. The van der Waals surface area contributed by atoms with Gasteiger partial charge in [0.2, 0.25) is 0 Å². The first-order valence-corrected chi connectivity index (χ1v) is 11.1. The molecule has 7 heteroatoms. The summed E-state index contributed by atoms with van der Waals surface area (Å²) in [7, 11) is 0. The van der Waals surface area contributed by atoms with Gasteiger partial charge in [0.1, 0.15) is 6.61 Å². The van der Waals surface area contributed by atoms with Crippen molar-refractivity contribution in [3.63, 3.8) is 0 Å². The van der Waals surface area contributed by atoms with E-state index < -0.39 is 5.41 Å². The van der Waals surface area contributed by atoms with Crippen molar-refractivity contribution in [1.82, 2.24) is 5.01 Å². The van der Waals surface area contributed by atoms with E-state index in [0.29, 0.717) is 35.7 Å². The van der Waals surface area contributed by atoms with Gasteiger partial charge in [-0.1, -0.05) is 54.1 Å². The van der Waals surface area contributed by atoms with E-state index in [4.69, 9.17) is 27.9 Å². The Hall–Kier alpha value is -2.54. The van der Waals surface area contributed by atoms with Crippen LogP contribution in [0.5, 0.6) is 0 Å². The lowest BCUT2D eigenvalue weighted by Crippen LogP contribution is -2.34. The van der Waals surface area contributed by atoms with Gasteiger partial charge >= 0.3 is 5.97 Å². The number of halogens is 1. The average Bonchev–Trinajstić information content (AvgIpc) is 2.78. The molecule has 174 valence electrons. The van der Waals surface area contributed by atoms with Crippen LogP contribution in [0.4, 0.5) is 0 Å². The minimum Gasteiger partial charge on any atom is -0.460 e. The molecule has 2 rings (SSSR count). The Bertz CT molecular complexity index is 916. The van der Waals surface area contributed by atoms with Crippen molar-refractivity contribution in [2.45, 2.75) is 52.7 Å². The van der Waals surface area contributed by atoms with Crippen molar-refractivity contribution in [2.24, 2.45) is 17.0 Å². The molecule has 0 fully saturated rings. The Morgan fingerprint density at radius 2 is 1.94 bits per heavy atom. The van der Waals surface area contributed by atoms with Crippen molar-refractivity contribution in [2.75, 3.05) is 6.54 Å². The molecule has 0 heterocycles. The highest BCUT2D eigenvalue weighted by molar-refractivity contribution is 6.31. The number of carbonyl (C=O) groups excluding carboxylic acids is 1. The molecular formula is C25H34ClN3O3. The second-order valence-corrected chi connectivity index (χ2v) is 8.83. The minimum atomic E-state index is -0.844. The van der Waals surface area contributed by atoms with Gasteiger partial charge in [-0.3, -0.25) is 4.79 Å². The van der Waals surface area contributed by atoms with Gasteiger partial charge in [-0.25, -0.2) is 5.84 Å². The summed E-state index contributed by atoms with van der Waals surface area (Å²) >= 11 is 6.20. The van der Waals surface area contributed by atoms with Crippen LogP contribution in [0.1, 0.15) is 56.2 Å². The summed E-state index contributed by atoms with van der Waals surface area (Å²) in [5.74, 6) is 5.32. The molecule has 0 radical (unpaired) electrons. The number of allylic oxidation sites excluding steroid dienone is 1. The van der Waals surface area contributed by atoms with Crippen LogP contribution in [0.25, 0.3) is 0 Å². The average molecular weight is 460 g/mol. The number of hydrazine groups is 1. The van der Waals surface area contributed by atoms with Crippen LogP contribution in [0, 0.1) is 5.41 Å². The zero-order valence-electron chi connectivity index (χ0n) is 19.1. The number of carbonyl (C=O) groups is 1. The van der Waals surface area contributed by atoms with E-state index >= 15 is 0 Å². The molecule has 1 unspecified atom stereocenters. The van der Waals surface area contributed by atoms with E-state index in [0.717, 1.165) is 11.1 Å². The molecule has 2 aromatic rings. The number of nitrogens with two attached hydrogens (primary N) is 2. The standard InChI is InChI=1S/C25H34ClN3O3/c1-4-29(28)15-21(27)11-12-22(19-10-13-23(26)20(14-19)16-30)25(2,3)24(31)32-17-18-8-6-5-7-9-18/h5-10,13-15,22,30H,4,11-12,16-17,27-28H2,1-3H3/b21-15-. The summed E-state index contributed by atoms with van der Waals surface area (Å²) < 4.78 is 5.68. The number of nitrogens with zero attached hydrogens (tertiary/aromatic N) is 1. The fourth-order valence-electron chi connectivity index (χ4n) is 3.61. The van der Waals surface area contributed by atoms with Crippen molar-refractivity contribution < 1.29 is 14.6 Å². The molecule has 0 aromatic heterocycles. The number of aliphatic hydroxyl groups excluding tert-OH is 1. The quantitative estimate of drug-likeness (QED) is 0.260. The summed E-state index contributed by atoms with van der Waals surface area (Å²) in [5.41, 5.74) is 8.40. The highest BCUT2D eigenvalue weighted by Gasteiger charge is 2.39. The van der Waals surface area contributed by atoms with E-state index in [1.54, 1.807) is 12.3 Å². The van der Waals surface area contributed by atoms with E-state index in [1.165, 1.54) is 5.01 Å². The summed E-state index contributed by atoms with van der Waals surface area (Å²) in [4.78, 5) is 13.2. The third-order valence-electron chi connectivity index (χ3n) is 5.67. The lowest BCUT2D eigenvalue weighted by molar-refractivity contribution is -0.156. The summed E-state index contributed by atoms with van der Waals surface area (Å²) in [5, 5.41) is 11.7. The highest BCUT2D eigenvalue weighted by Crippen LogP contribution is 2.41. The van der Waals surface area contributed by atoms with E-state index in [-0.39, 0.29) is 25.1 Å². The molecule has 0 saturated heterocycles. The summed E-state index contributed by atoms with van der Waals surface area (Å²) in [6, 6.07) is 15.1. The monoisotopic (exact) mass is 459 g/mol. The maximum atomic E-state index is 13.2. The summed E-state index contributed by atoms with van der Waals surface area (Å²) in [6.45, 7) is 6.35. The van der Waals surface area contributed by atoms with Crippen LogP contribution in [-0.2, 0) is 22.7 Å². The van der Waals surface area contributed by atoms with Crippen molar-refractivity contribution in [3.8, 4) is 0 Å². The van der Waals surface area contributed by atoms with Crippen LogP contribution >= 0.6 is 11.6 Å². The van der Waals surface area contributed by atoms with Gasteiger partial charge in [0.05, 0.1) is 12.0 Å². The maximum Gasteiger partial charge on any atom is 0.312 e. The third kappa shape index (κ3) is 6.99. The topological polar surface area (TPSA) is 102 Å². The van der Waals surface area contributed by atoms with Crippen LogP contribution in [0.2, 0.25) is 5.02 Å². The largest absolute Gasteiger partial charge is 0.460 e. The lowest BCUT2D eigenvalue weighted by Gasteiger charge is -2.33. The van der Waals surface area contributed by atoms with E-state index in [2.05, 4.69) is 0 Å². The van der Waals surface area contributed by atoms with E-state index in [1.807, 2.05) is 63.2 Å². The molecule has 1 atom stereocenters. The molecule has 5 N–H and O–H groups in total. The predicted molar refractivity (Wildman–Crippen MR) is 128 cm³/mol. The van der Waals surface area contributed by atoms with Gasteiger partial charge in [0, 0.05) is 23.5 Å². The smallest absolute Gasteiger partial charge is 0.312 e. The van der Waals surface area contributed by atoms with Gasteiger partial charge in [-0.15, -0.1) is 0 Å². The van der Waals surface area contributed by atoms with Crippen LogP contribution in [0.3, 0.4) is 0 Å². The van der Waals surface area contributed by atoms with E-state index in [9.17, 15) is 9.90 Å². The summed E-state index contributed by atoms with van der Waals surface area (Å²) in [6.07, 6.45) is 2.85. The Kier molecular flexibility index (Phi) is 9.57. The molecular weight excluding hydrogens is 426 g/mol. The van der Waals surface area contributed by atoms with Crippen molar-refractivity contribution in [3.05, 3.63) is 82.1 Å². The molecule has 0 aliphatic heterocycles. The number of rotatable bonds is 11. The zero-order chi connectivity index (χ0) is 23.7. The number of hydrogen-bond acceptors (Lipinski definition) is 6. The molecule has 32 heavy (non-hydrogen) atoms. The normalized spacial score (nSPS) is 13.0. The van der Waals surface area contributed by atoms with Gasteiger partial charge in [-0.05, 0) is 62.3 Å². The molecule has 2 aromatic carbocycles. The van der Waals surface area contributed by atoms with Gasteiger partial charge in [0.15, 0.2) is 0 Å². The van der Waals surface area contributed by atoms with Gasteiger partial charge in [0.25, 0.3) is 0 Å². The van der Waals surface area contributed by atoms with Crippen LogP contribution < -0.4 is 11.6 Å². The Morgan fingerprint density at radius 1 is 1.25 bits per heavy atom. The Labute approximate surface area is 195 Å². The number of esters is 1. The van der Waals surface area contributed by atoms with Gasteiger partial charge in [-0.2, -0.15) is 0 Å². The molecule has 0 amide bonds. The first kappa shape index (κ1) is 25.7. The zero-order valence-corrected chi connectivity index (χ0v) is 19.8. The number of benzene rings is 2. The van der Waals surface area contributed by atoms with Crippen molar-refractivity contribution in [1.29, 1.82) is 0 Å². The Morgan fingerprint density at radius 3 is 2.56 bits per heavy atom. The number of aliphatic hydroxyl groups is 1. The minimum absolute atomic E-state index is 0.182. The molecule has 0 saturated carbocycles. The third-order valence-corrected chi connectivity index (χ3v) is 6.04. The fourth-order valence-corrected chi connectivity index (χ4v) is 3.79. The predicted octanol–water partition coefficient (Wildman–Crippen LogP) is 4.46. The Balaban J connectivity index is 2.28. The first-order valence-electron chi connectivity index (χ1n) is 10.8. The molecule has 6 nitrogen and oxygen atoms in total. The SMILES string of the molecule is CCN(N)/C=C(\N)CCC(c1ccc(Cl)c(CO)c1)C(C)(C)C(=O)OCc1ccccc1. The molecule has 0 aliphatic rings. The van der Waals surface area contributed by atoms with Crippen LogP contribution in [0.15, 0.2) is 60.4 Å². The molecule has 0 aliphatic carbocycles. The van der Waals surface area contributed by atoms with Crippen LogP contribution in [-0.4, -0.2) is 22.6 Å². The second kappa shape index (κ2) is 11.9. The lowest BCUT2D eigenvalue weighted by atomic mass is 9.72. The second-order valence-electron chi connectivity index (χ2n) is 8.42. The number of hydrogen-bond donors (Lipinski definition) is 3. The van der Waals surface area contributed by atoms with Gasteiger partial charge < -0.3 is 20.6 Å². The molecule has 0 bridgehead atoms. The first-order chi connectivity index (χ1) is 15.2. The number of ether oxygens (including phenoxy) is 1. The van der Waals surface area contributed by atoms with Crippen molar-refractivity contribution >= 4 is 17.6 Å².